The Morgan fingerprint density at radius 2 is 1.43 bits per heavy atom. The van der Waals surface area contributed by atoms with Crippen molar-refractivity contribution in [3.63, 3.8) is 0 Å². The van der Waals surface area contributed by atoms with Crippen LogP contribution in [0.25, 0.3) is 11.1 Å². The highest BCUT2D eigenvalue weighted by molar-refractivity contribution is 7.72. The Kier molecular flexibility index (Phi) is 3.48. The molecule has 0 aromatic heterocycles. The summed E-state index contributed by atoms with van der Waals surface area (Å²) in [7, 11) is -2.44. The molecule has 0 bridgehead atoms. The second-order valence-electron chi connectivity index (χ2n) is 5.71. The predicted molar refractivity (Wildman–Crippen MR) is 94.1 cm³/mol. The molecule has 0 amide bonds. The topological polar surface area (TPSA) is 34.1 Å². The van der Waals surface area contributed by atoms with E-state index in [1.807, 2.05) is 66.7 Å². The number of hydrogen-bond donors (Lipinski definition) is 0. The molecular formula is C20H15O2P. The molecule has 2 nitrogen and oxygen atoms in total. The highest BCUT2D eigenvalue weighted by atomic mass is 31.1. The van der Waals surface area contributed by atoms with Crippen LogP contribution in [0.2, 0.25) is 0 Å². The maximum Gasteiger partial charge on any atom is 0.223 e. The molecule has 3 aromatic carbocycles. The smallest absolute Gasteiger partial charge is 0.223 e. The van der Waals surface area contributed by atoms with Gasteiger partial charge < -0.3 is 4.57 Å². The third-order valence-corrected chi connectivity index (χ3v) is 5.87. The van der Waals surface area contributed by atoms with Gasteiger partial charge in [-0.2, -0.15) is 0 Å². The van der Waals surface area contributed by atoms with Gasteiger partial charge in [0.1, 0.15) is 0 Å². The molecule has 1 heterocycles. The molecular weight excluding hydrogens is 303 g/mol. The molecule has 0 fully saturated rings. The van der Waals surface area contributed by atoms with Crippen molar-refractivity contribution in [2.24, 2.45) is 0 Å². The first-order valence-corrected chi connectivity index (χ1v) is 9.01. The van der Waals surface area contributed by atoms with Crippen LogP contribution in [0.4, 0.5) is 0 Å². The van der Waals surface area contributed by atoms with Gasteiger partial charge in [0.2, 0.25) is 5.52 Å². The fourth-order valence-electron chi connectivity index (χ4n) is 3.21. The van der Waals surface area contributed by atoms with E-state index in [0.29, 0.717) is 17.3 Å². The van der Waals surface area contributed by atoms with Crippen LogP contribution in [0, 0.1) is 0 Å². The monoisotopic (exact) mass is 318 g/mol. The third-order valence-electron chi connectivity index (χ3n) is 4.28. The Hall–Kier alpha value is -2.44. The molecule has 0 N–H and O–H groups in total. The minimum Gasteiger partial charge on any atom is -0.313 e. The summed E-state index contributed by atoms with van der Waals surface area (Å²) in [6.45, 7) is 0. The normalized spacial score (nSPS) is 15.8. The van der Waals surface area contributed by atoms with Gasteiger partial charge in [-0.25, -0.2) is 0 Å². The largest absolute Gasteiger partial charge is 0.313 e. The van der Waals surface area contributed by atoms with Crippen molar-refractivity contribution in [3.05, 3.63) is 89.5 Å². The van der Waals surface area contributed by atoms with E-state index in [9.17, 15) is 9.36 Å². The van der Waals surface area contributed by atoms with Gasteiger partial charge >= 0.3 is 0 Å². The molecule has 23 heavy (non-hydrogen) atoms. The standard InChI is InChI=1S/C20H15O2P/c21-20-19-15(13-14-7-2-1-3-8-14)9-6-11-17(19)16-10-4-5-12-18(16)23(20)22/h1-12,23H,13H2. The van der Waals surface area contributed by atoms with Crippen LogP contribution in [0.1, 0.15) is 21.5 Å². The fraction of sp³-hybridized carbons (Fsp3) is 0.0500. The van der Waals surface area contributed by atoms with Crippen molar-refractivity contribution in [2.45, 2.75) is 6.42 Å². The summed E-state index contributed by atoms with van der Waals surface area (Å²) in [5.41, 5.74) is 4.36. The number of carbonyl (C=O) groups is 1. The van der Waals surface area contributed by atoms with Gasteiger partial charge in [-0.15, -0.1) is 0 Å². The first kappa shape index (κ1) is 14.2. The number of rotatable bonds is 2. The quantitative estimate of drug-likeness (QED) is 0.661. The highest BCUT2D eigenvalue weighted by Crippen LogP contribution is 2.41. The zero-order valence-electron chi connectivity index (χ0n) is 12.5. The van der Waals surface area contributed by atoms with E-state index in [2.05, 4.69) is 0 Å². The lowest BCUT2D eigenvalue weighted by atomic mass is 9.92. The Labute approximate surface area is 135 Å². The number of benzene rings is 3. The van der Waals surface area contributed by atoms with Gasteiger partial charge in [-0.05, 0) is 28.7 Å². The second-order valence-corrected chi connectivity index (χ2v) is 7.36. The summed E-state index contributed by atoms with van der Waals surface area (Å²) in [5, 5.41) is 0.687. The van der Waals surface area contributed by atoms with E-state index in [1.165, 1.54) is 0 Å². The van der Waals surface area contributed by atoms with Crippen LogP contribution in [-0.4, -0.2) is 5.52 Å². The number of fused-ring (bicyclic) bond motifs is 3. The van der Waals surface area contributed by atoms with Gasteiger partial charge in [0, 0.05) is 10.9 Å². The average molecular weight is 318 g/mol. The lowest BCUT2D eigenvalue weighted by Gasteiger charge is -2.21. The predicted octanol–water partition coefficient (Wildman–Crippen LogP) is 4.28. The zero-order valence-corrected chi connectivity index (χ0v) is 13.5. The Morgan fingerprint density at radius 1 is 0.739 bits per heavy atom. The SMILES string of the molecule is O=C1c2c(Cc3ccccc3)cccc2-c2ccccc2[PH]1=O. The van der Waals surface area contributed by atoms with Gasteiger partial charge in [-0.1, -0.05) is 72.8 Å². The van der Waals surface area contributed by atoms with Crippen molar-refractivity contribution in [3.8, 4) is 11.1 Å². The van der Waals surface area contributed by atoms with E-state index in [1.54, 1.807) is 6.07 Å². The summed E-state index contributed by atoms with van der Waals surface area (Å²) >= 11 is 0. The van der Waals surface area contributed by atoms with Crippen LogP contribution in [-0.2, 0) is 11.0 Å². The zero-order chi connectivity index (χ0) is 15.8. The molecule has 1 atom stereocenters. The minimum atomic E-state index is -2.44. The Balaban J connectivity index is 1.91. The number of hydrogen-bond acceptors (Lipinski definition) is 2. The third kappa shape index (κ3) is 2.36. The first-order valence-electron chi connectivity index (χ1n) is 7.60. The van der Waals surface area contributed by atoms with E-state index >= 15 is 0 Å². The van der Waals surface area contributed by atoms with E-state index in [0.717, 1.165) is 22.3 Å². The summed E-state index contributed by atoms with van der Waals surface area (Å²) in [5.74, 6) is 0. The van der Waals surface area contributed by atoms with Gasteiger partial charge in [0.15, 0.2) is 7.80 Å². The van der Waals surface area contributed by atoms with Crippen LogP contribution in [0.3, 0.4) is 0 Å². The first-order chi connectivity index (χ1) is 11.3. The van der Waals surface area contributed by atoms with Crippen LogP contribution in [0.15, 0.2) is 72.8 Å². The van der Waals surface area contributed by atoms with E-state index in [4.69, 9.17) is 0 Å². The lowest BCUT2D eigenvalue weighted by molar-refractivity contribution is 0.107. The molecule has 1 unspecified atom stereocenters. The molecule has 0 saturated heterocycles. The molecule has 1 aliphatic heterocycles. The highest BCUT2D eigenvalue weighted by Gasteiger charge is 2.30. The molecule has 0 aliphatic carbocycles. The van der Waals surface area contributed by atoms with Crippen molar-refractivity contribution < 1.29 is 9.36 Å². The Morgan fingerprint density at radius 3 is 2.26 bits per heavy atom. The maximum absolute atomic E-state index is 12.7. The average Bonchev–Trinajstić information content (AvgIpc) is 2.60. The van der Waals surface area contributed by atoms with Gasteiger partial charge in [0.25, 0.3) is 0 Å². The van der Waals surface area contributed by atoms with Crippen molar-refractivity contribution in [1.82, 2.24) is 0 Å². The van der Waals surface area contributed by atoms with Crippen LogP contribution >= 0.6 is 7.80 Å². The molecule has 3 aromatic rings. The molecule has 4 rings (SSSR count). The molecule has 1 aliphatic rings. The van der Waals surface area contributed by atoms with E-state index in [-0.39, 0.29) is 5.52 Å². The van der Waals surface area contributed by atoms with Crippen molar-refractivity contribution in [1.29, 1.82) is 0 Å². The van der Waals surface area contributed by atoms with E-state index < -0.39 is 7.80 Å². The Bertz CT molecular complexity index is 929. The van der Waals surface area contributed by atoms with Crippen molar-refractivity contribution in [2.75, 3.05) is 0 Å². The van der Waals surface area contributed by atoms with Gasteiger partial charge in [0.05, 0.1) is 0 Å². The second kappa shape index (κ2) is 5.64. The minimum absolute atomic E-state index is 0.213. The molecule has 0 spiro atoms. The summed E-state index contributed by atoms with van der Waals surface area (Å²) in [6, 6.07) is 23.5. The summed E-state index contributed by atoms with van der Waals surface area (Å²) in [4.78, 5) is 12.7. The summed E-state index contributed by atoms with van der Waals surface area (Å²) < 4.78 is 12.6. The number of carbonyl (C=O) groups excluding carboxylic acids is 1. The molecule has 0 saturated carbocycles. The fourth-order valence-corrected chi connectivity index (χ4v) is 4.68. The molecule has 112 valence electrons. The van der Waals surface area contributed by atoms with Crippen LogP contribution in [0.5, 0.6) is 0 Å². The molecule has 0 radical (unpaired) electrons. The van der Waals surface area contributed by atoms with Crippen LogP contribution < -0.4 is 5.30 Å². The van der Waals surface area contributed by atoms with Gasteiger partial charge in [-0.3, -0.25) is 4.79 Å². The lowest BCUT2D eigenvalue weighted by Crippen LogP contribution is -2.16. The maximum atomic E-state index is 12.7. The molecule has 3 heteroatoms. The summed E-state index contributed by atoms with van der Waals surface area (Å²) in [6.07, 6.45) is 0.674. The van der Waals surface area contributed by atoms with Crippen molar-refractivity contribution >= 4 is 18.6 Å².